The number of rotatable bonds is 56. The topological polar surface area (TPSA) is 105 Å². The third-order valence-electron chi connectivity index (χ3n) is 13.7. The van der Waals surface area contributed by atoms with Gasteiger partial charge in [0.15, 0.2) is 0 Å². The largest absolute Gasteiger partial charge is 0.472 e. The SMILES string of the molecule is CC/C=C\C/C=C\C/C=C\C/C=C\C/C=C\C/C=C\C/C=C\CCCCCCCCCCCCCCCC(=O)NC(COP(=O)(O)OCC[N+](C)(C)C)C(O)CCCCCCCCCCCCCCCCCCC. The molecule has 74 heavy (non-hydrogen) atoms. The first-order valence-electron chi connectivity index (χ1n) is 31.0. The zero-order valence-electron chi connectivity index (χ0n) is 49.1. The Hall–Kier alpha value is -2.32. The summed E-state index contributed by atoms with van der Waals surface area (Å²) in [5.41, 5.74) is 0. The Balaban J connectivity index is 4.07. The highest BCUT2D eigenvalue weighted by molar-refractivity contribution is 7.47. The van der Waals surface area contributed by atoms with Gasteiger partial charge in [0.2, 0.25) is 5.91 Å². The summed E-state index contributed by atoms with van der Waals surface area (Å²) in [4.78, 5) is 23.4. The van der Waals surface area contributed by atoms with Crippen molar-refractivity contribution in [3.63, 3.8) is 0 Å². The van der Waals surface area contributed by atoms with Gasteiger partial charge in [-0.25, -0.2) is 4.57 Å². The van der Waals surface area contributed by atoms with Gasteiger partial charge in [-0.1, -0.05) is 279 Å². The molecule has 0 saturated carbocycles. The number of aliphatic hydroxyl groups is 1. The van der Waals surface area contributed by atoms with Gasteiger partial charge in [0.25, 0.3) is 0 Å². The Bertz CT molecular complexity index is 1480. The minimum absolute atomic E-state index is 0.0723. The van der Waals surface area contributed by atoms with Crippen LogP contribution in [0.3, 0.4) is 0 Å². The van der Waals surface area contributed by atoms with E-state index in [1.807, 2.05) is 21.1 Å². The summed E-state index contributed by atoms with van der Waals surface area (Å²) in [7, 11) is 1.61. The molecule has 0 heterocycles. The molecule has 430 valence electrons. The van der Waals surface area contributed by atoms with E-state index in [-0.39, 0.29) is 19.1 Å². The third kappa shape index (κ3) is 57.4. The molecule has 0 spiro atoms. The summed E-state index contributed by atoms with van der Waals surface area (Å²) in [6.45, 7) is 4.79. The first-order valence-corrected chi connectivity index (χ1v) is 32.4. The average Bonchev–Trinajstić information content (AvgIpc) is 3.36. The number of allylic oxidation sites excluding steroid dienone is 14. The Morgan fingerprint density at radius 2 is 0.811 bits per heavy atom. The lowest BCUT2D eigenvalue weighted by Crippen LogP contribution is -2.46. The number of hydrogen-bond donors (Lipinski definition) is 3. The second-order valence-corrected chi connectivity index (χ2v) is 23.5. The molecule has 9 heteroatoms. The second-order valence-electron chi connectivity index (χ2n) is 22.1. The van der Waals surface area contributed by atoms with Crippen LogP contribution in [0.4, 0.5) is 0 Å². The van der Waals surface area contributed by atoms with E-state index < -0.39 is 20.0 Å². The van der Waals surface area contributed by atoms with Crippen LogP contribution in [-0.2, 0) is 18.4 Å². The average molecular weight is 1060 g/mol. The minimum atomic E-state index is -4.33. The van der Waals surface area contributed by atoms with E-state index in [1.54, 1.807) is 0 Å². The summed E-state index contributed by atoms with van der Waals surface area (Å²) in [6.07, 6.45) is 77.9. The van der Waals surface area contributed by atoms with Gasteiger partial charge in [-0.05, 0) is 70.6 Å². The summed E-state index contributed by atoms with van der Waals surface area (Å²) in [6, 6.07) is -0.765. The summed E-state index contributed by atoms with van der Waals surface area (Å²) in [5, 5.41) is 14.1. The van der Waals surface area contributed by atoms with Gasteiger partial charge in [0.1, 0.15) is 13.2 Å². The van der Waals surface area contributed by atoms with Crippen LogP contribution in [0.25, 0.3) is 0 Å². The fraction of sp³-hybridized carbons (Fsp3) is 0.769. The number of aliphatic hydroxyl groups excluding tert-OH is 1. The zero-order valence-corrected chi connectivity index (χ0v) is 50.0. The number of carbonyl (C=O) groups excluding carboxylic acids is 1. The molecule has 0 fully saturated rings. The Morgan fingerprint density at radius 3 is 1.19 bits per heavy atom. The van der Waals surface area contributed by atoms with Crippen LogP contribution in [0.1, 0.15) is 271 Å². The fourth-order valence-electron chi connectivity index (χ4n) is 8.85. The maximum Gasteiger partial charge on any atom is 0.472 e. The number of nitrogens with zero attached hydrogens (tertiary/aromatic N) is 1. The Kier molecular flexibility index (Phi) is 53.7. The lowest BCUT2D eigenvalue weighted by molar-refractivity contribution is -0.870. The number of phosphoric acid groups is 1. The van der Waals surface area contributed by atoms with Crippen molar-refractivity contribution >= 4 is 13.7 Å². The van der Waals surface area contributed by atoms with Crippen LogP contribution < -0.4 is 5.32 Å². The number of hydrogen-bond acceptors (Lipinski definition) is 5. The van der Waals surface area contributed by atoms with Gasteiger partial charge in [-0.2, -0.15) is 0 Å². The molecule has 0 aliphatic heterocycles. The first kappa shape index (κ1) is 71.7. The van der Waals surface area contributed by atoms with E-state index >= 15 is 0 Å². The number of phosphoric ester groups is 1. The van der Waals surface area contributed by atoms with Crippen molar-refractivity contribution in [3.05, 3.63) is 85.1 Å². The van der Waals surface area contributed by atoms with Gasteiger partial charge >= 0.3 is 7.82 Å². The van der Waals surface area contributed by atoms with Gasteiger partial charge in [0, 0.05) is 6.42 Å². The molecule has 3 atom stereocenters. The van der Waals surface area contributed by atoms with Crippen LogP contribution in [-0.4, -0.2) is 73.4 Å². The van der Waals surface area contributed by atoms with Crippen LogP contribution in [0, 0.1) is 0 Å². The normalized spacial score (nSPS) is 14.4. The molecule has 0 aromatic carbocycles. The zero-order chi connectivity index (χ0) is 54.2. The van der Waals surface area contributed by atoms with Gasteiger partial charge in [-0.3, -0.25) is 13.8 Å². The predicted octanol–water partition coefficient (Wildman–Crippen LogP) is 19.2. The fourth-order valence-corrected chi connectivity index (χ4v) is 9.59. The number of unbranched alkanes of at least 4 members (excludes halogenated alkanes) is 29. The number of amides is 1. The van der Waals surface area contributed by atoms with E-state index in [4.69, 9.17) is 9.05 Å². The van der Waals surface area contributed by atoms with Crippen molar-refractivity contribution < 1.29 is 32.9 Å². The maximum absolute atomic E-state index is 13.0. The molecular formula is C65H120N2O6P+. The lowest BCUT2D eigenvalue weighted by atomic mass is 10.0. The van der Waals surface area contributed by atoms with Crippen molar-refractivity contribution in [2.45, 2.75) is 283 Å². The molecule has 0 aromatic heterocycles. The van der Waals surface area contributed by atoms with E-state index in [1.165, 1.54) is 161 Å². The van der Waals surface area contributed by atoms with Crippen molar-refractivity contribution in [1.29, 1.82) is 0 Å². The smallest absolute Gasteiger partial charge is 0.391 e. The summed E-state index contributed by atoms with van der Waals surface area (Å²) >= 11 is 0. The highest BCUT2D eigenvalue weighted by Gasteiger charge is 2.28. The second kappa shape index (κ2) is 55.4. The predicted molar refractivity (Wildman–Crippen MR) is 323 cm³/mol. The van der Waals surface area contributed by atoms with Gasteiger partial charge in [-0.15, -0.1) is 0 Å². The molecule has 8 nitrogen and oxygen atoms in total. The number of likely N-dealkylation sites (N-methyl/N-ethyl adjacent to an activating group) is 1. The maximum atomic E-state index is 13.0. The summed E-state index contributed by atoms with van der Waals surface area (Å²) < 4.78 is 23.8. The number of nitrogens with one attached hydrogen (secondary N) is 1. The van der Waals surface area contributed by atoms with E-state index in [2.05, 4.69) is 104 Å². The van der Waals surface area contributed by atoms with Gasteiger partial charge < -0.3 is 19.8 Å². The molecule has 1 amide bonds. The minimum Gasteiger partial charge on any atom is -0.391 e. The molecule has 3 N–H and O–H groups in total. The molecule has 0 rings (SSSR count). The molecule has 0 aliphatic rings. The van der Waals surface area contributed by atoms with Crippen LogP contribution >= 0.6 is 7.82 Å². The standard InChI is InChI=1S/C65H119N2O6P/c1-6-8-10-12-14-16-18-20-22-24-25-26-27-28-29-30-31-32-33-34-35-36-37-38-39-40-41-43-45-47-49-51-53-55-57-59-65(69)66-63(62-73-74(70,71)72-61-60-67(3,4)5)64(68)58-56-54-52-50-48-46-44-42-23-21-19-17-15-13-11-9-7-2/h8,10,14,16,20,22,25-26,28-29,31-32,34-35,63-64,68H,6-7,9,11-13,15,17-19,21,23-24,27,30,33,36-62H2,1-5H3,(H-,66,69,70,71)/p+1/b10-8-,16-14-,22-20-,26-25-,29-28-,32-31-,35-34-. The highest BCUT2D eigenvalue weighted by Crippen LogP contribution is 2.43. The highest BCUT2D eigenvalue weighted by atomic mass is 31.2. The van der Waals surface area contributed by atoms with Crippen molar-refractivity contribution in [3.8, 4) is 0 Å². The first-order chi connectivity index (χ1) is 36.0. The monoisotopic (exact) mass is 1060 g/mol. The van der Waals surface area contributed by atoms with Crippen LogP contribution in [0.2, 0.25) is 0 Å². The van der Waals surface area contributed by atoms with Gasteiger partial charge in [0.05, 0.1) is 39.9 Å². The summed E-state index contributed by atoms with van der Waals surface area (Å²) in [5.74, 6) is -0.146. The van der Waals surface area contributed by atoms with Crippen LogP contribution in [0.15, 0.2) is 85.1 Å². The third-order valence-corrected chi connectivity index (χ3v) is 14.6. The van der Waals surface area contributed by atoms with Crippen LogP contribution in [0.5, 0.6) is 0 Å². The molecule has 0 aliphatic carbocycles. The lowest BCUT2D eigenvalue weighted by Gasteiger charge is -2.26. The molecule has 3 unspecified atom stereocenters. The Labute approximate surface area is 458 Å². The van der Waals surface area contributed by atoms with Crippen molar-refractivity contribution in [1.82, 2.24) is 5.32 Å². The molecule has 0 bridgehead atoms. The quantitative estimate of drug-likeness (QED) is 0.0243. The Morgan fingerprint density at radius 1 is 0.473 bits per heavy atom. The molecule has 0 aromatic rings. The number of quaternary nitrogens is 1. The molecule has 0 radical (unpaired) electrons. The molecule has 0 saturated heterocycles. The van der Waals surface area contributed by atoms with Crippen molar-refractivity contribution in [2.24, 2.45) is 0 Å². The van der Waals surface area contributed by atoms with E-state index in [9.17, 15) is 19.4 Å². The van der Waals surface area contributed by atoms with E-state index in [0.717, 1.165) is 83.5 Å². The van der Waals surface area contributed by atoms with Crippen molar-refractivity contribution in [2.75, 3.05) is 40.9 Å². The molecular weight excluding hydrogens is 936 g/mol. The van der Waals surface area contributed by atoms with E-state index in [0.29, 0.717) is 23.9 Å². The number of carbonyl (C=O) groups is 1.